The third-order valence-electron chi connectivity index (χ3n) is 6.05. The molecule has 8 nitrogen and oxygen atoms in total. The van der Waals surface area contributed by atoms with Crippen LogP contribution in [0.25, 0.3) is 10.6 Å². The predicted molar refractivity (Wildman–Crippen MR) is 143 cm³/mol. The van der Waals surface area contributed by atoms with Gasteiger partial charge >= 0.3 is 0 Å². The van der Waals surface area contributed by atoms with Crippen molar-refractivity contribution in [3.05, 3.63) is 58.4 Å². The first kappa shape index (κ1) is 23.8. The second-order valence-corrected chi connectivity index (χ2v) is 10.9. The number of aromatic nitrogens is 5. The molecule has 4 heterocycles. The summed E-state index contributed by atoms with van der Waals surface area (Å²) in [6.45, 7) is 4.83. The van der Waals surface area contributed by atoms with Crippen LogP contribution in [0.1, 0.15) is 61.3 Å². The zero-order valence-electron chi connectivity index (χ0n) is 20.0. The molecule has 10 heteroatoms. The van der Waals surface area contributed by atoms with Gasteiger partial charge in [0.2, 0.25) is 5.95 Å². The monoisotopic (exact) mass is 506 g/mol. The highest BCUT2D eigenvalue weighted by molar-refractivity contribution is 7.18. The lowest BCUT2D eigenvalue weighted by molar-refractivity contribution is 0.461. The van der Waals surface area contributed by atoms with E-state index in [1.165, 1.54) is 37.0 Å². The molecule has 0 amide bonds. The lowest BCUT2D eigenvalue weighted by Crippen LogP contribution is -2.23. The molecule has 35 heavy (non-hydrogen) atoms. The van der Waals surface area contributed by atoms with E-state index >= 15 is 0 Å². The van der Waals surface area contributed by atoms with E-state index in [4.69, 9.17) is 4.98 Å². The first-order valence-corrected chi connectivity index (χ1v) is 13.7. The molecule has 0 aliphatic heterocycles. The van der Waals surface area contributed by atoms with Gasteiger partial charge in [-0.15, -0.1) is 11.3 Å². The van der Waals surface area contributed by atoms with Gasteiger partial charge in [-0.3, -0.25) is 4.98 Å². The van der Waals surface area contributed by atoms with Crippen LogP contribution >= 0.6 is 22.7 Å². The maximum Gasteiger partial charge on any atom is 0.223 e. The van der Waals surface area contributed by atoms with Crippen LogP contribution in [0.4, 0.5) is 16.9 Å². The van der Waals surface area contributed by atoms with Gasteiger partial charge in [0.05, 0.1) is 28.7 Å². The van der Waals surface area contributed by atoms with E-state index < -0.39 is 0 Å². The zero-order valence-corrected chi connectivity index (χ0v) is 21.6. The van der Waals surface area contributed by atoms with E-state index in [9.17, 15) is 0 Å². The maximum absolute atomic E-state index is 4.77. The zero-order chi connectivity index (χ0) is 24.0. The van der Waals surface area contributed by atoms with Crippen LogP contribution in [0.5, 0.6) is 0 Å². The minimum absolute atomic E-state index is 0.284. The average Bonchev–Trinajstić information content (AvgIpc) is 3.57. The molecule has 1 unspecified atom stereocenters. The molecule has 5 rings (SSSR count). The summed E-state index contributed by atoms with van der Waals surface area (Å²) in [5.74, 6) is 1.37. The smallest absolute Gasteiger partial charge is 0.223 e. The lowest BCUT2D eigenvalue weighted by atomic mass is 9.96. The van der Waals surface area contributed by atoms with Crippen LogP contribution in [-0.2, 0) is 6.54 Å². The van der Waals surface area contributed by atoms with Crippen molar-refractivity contribution in [1.29, 1.82) is 0 Å². The number of nitrogens with zero attached hydrogens (tertiary/aromatic N) is 5. The summed E-state index contributed by atoms with van der Waals surface area (Å²) in [4.78, 5) is 25.2. The quantitative estimate of drug-likeness (QED) is 0.250. The summed E-state index contributed by atoms with van der Waals surface area (Å²) in [5, 5.41) is 13.1. The average molecular weight is 507 g/mol. The molecule has 0 aromatic carbocycles. The summed E-state index contributed by atoms with van der Waals surface area (Å²) >= 11 is 3.30. The number of thiophene rings is 1. The molecule has 182 valence electrons. The van der Waals surface area contributed by atoms with Crippen LogP contribution in [0.3, 0.4) is 0 Å². The largest absolute Gasteiger partial charge is 0.351 e. The standard InChI is InChI=1S/C25H30N8S2/c1-16-11-20(32-24(30-16)31-18-7-4-3-5-8-18)22-14-29-25(35-22)33-23-15-27-19(13-28-23)12-26-17(2)21-9-6-10-34-21/h6,9-11,13-15,17-18,26H,3-5,7-8,12H2,1-2H3,(H,28,29,33)(H,30,31,32). The van der Waals surface area contributed by atoms with Crippen LogP contribution in [0, 0.1) is 6.92 Å². The highest BCUT2D eigenvalue weighted by atomic mass is 32.1. The lowest BCUT2D eigenvalue weighted by Gasteiger charge is -2.22. The van der Waals surface area contributed by atoms with Gasteiger partial charge in [0.1, 0.15) is 0 Å². The van der Waals surface area contributed by atoms with Crippen LogP contribution in [-0.4, -0.2) is 31.0 Å². The second-order valence-electron chi connectivity index (χ2n) is 8.86. The highest BCUT2D eigenvalue weighted by Crippen LogP contribution is 2.30. The summed E-state index contributed by atoms with van der Waals surface area (Å²) in [7, 11) is 0. The SMILES string of the molecule is Cc1cc(-c2cnc(Nc3cnc(CNC(C)c4cccs4)cn3)s2)nc(NC2CCCCC2)n1. The normalized spacial score (nSPS) is 15.1. The molecule has 3 N–H and O–H groups in total. The Hall–Kier alpha value is -2.95. The summed E-state index contributed by atoms with van der Waals surface area (Å²) in [6, 6.07) is 6.96. The van der Waals surface area contributed by atoms with Gasteiger partial charge in [-0.25, -0.2) is 19.9 Å². The van der Waals surface area contributed by atoms with E-state index in [1.807, 2.05) is 19.2 Å². The Labute approximate surface area is 213 Å². The molecule has 0 saturated heterocycles. The van der Waals surface area contributed by atoms with Crippen LogP contribution in [0.15, 0.2) is 42.2 Å². The van der Waals surface area contributed by atoms with E-state index in [0.717, 1.165) is 27.1 Å². The van der Waals surface area contributed by atoms with Crippen LogP contribution in [0.2, 0.25) is 0 Å². The van der Waals surface area contributed by atoms with Crippen molar-refractivity contribution >= 4 is 39.6 Å². The van der Waals surface area contributed by atoms with Crippen molar-refractivity contribution in [2.45, 2.75) is 64.6 Å². The van der Waals surface area contributed by atoms with E-state index in [-0.39, 0.29) is 6.04 Å². The van der Waals surface area contributed by atoms with Crippen LogP contribution < -0.4 is 16.0 Å². The number of hydrogen-bond donors (Lipinski definition) is 3. The van der Waals surface area contributed by atoms with Crippen molar-refractivity contribution in [2.24, 2.45) is 0 Å². The third kappa shape index (κ3) is 6.39. The fourth-order valence-corrected chi connectivity index (χ4v) is 5.70. The van der Waals surface area contributed by atoms with Gasteiger partial charge in [0.25, 0.3) is 0 Å². The summed E-state index contributed by atoms with van der Waals surface area (Å²) in [5.41, 5.74) is 2.72. The number of nitrogens with one attached hydrogen (secondary N) is 3. The first-order chi connectivity index (χ1) is 17.1. The molecule has 4 aromatic heterocycles. The second kappa shape index (κ2) is 11.2. The number of rotatable bonds is 9. The maximum atomic E-state index is 4.77. The number of thiazole rings is 1. The Kier molecular flexibility index (Phi) is 7.60. The highest BCUT2D eigenvalue weighted by Gasteiger charge is 2.16. The molecule has 1 atom stereocenters. The fourth-order valence-electron chi connectivity index (χ4n) is 4.16. The van der Waals surface area contributed by atoms with Crippen molar-refractivity contribution < 1.29 is 0 Å². The minimum Gasteiger partial charge on any atom is -0.351 e. The van der Waals surface area contributed by atoms with Gasteiger partial charge in [-0.2, -0.15) is 0 Å². The minimum atomic E-state index is 0.284. The molecule has 1 aliphatic carbocycles. The molecular weight excluding hydrogens is 476 g/mol. The number of anilines is 3. The number of hydrogen-bond acceptors (Lipinski definition) is 10. The fraction of sp³-hybridized carbons (Fsp3) is 0.400. The molecule has 1 fully saturated rings. The Morgan fingerprint density at radius 2 is 1.94 bits per heavy atom. The molecule has 1 saturated carbocycles. The summed E-state index contributed by atoms with van der Waals surface area (Å²) < 4.78 is 0. The van der Waals surface area contributed by atoms with Crippen molar-refractivity contribution in [2.75, 3.05) is 10.6 Å². The Bertz CT molecular complexity index is 1220. The Morgan fingerprint density at radius 3 is 2.71 bits per heavy atom. The van der Waals surface area contributed by atoms with Crippen molar-refractivity contribution in [3.63, 3.8) is 0 Å². The van der Waals surface area contributed by atoms with Gasteiger partial charge in [-0.1, -0.05) is 36.7 Å². The van der Waals surface area contributed by atoms with Crippen molar-refractivity contribution in [3.8, 4) is 10.6 Å². The molecule has 0 bridgehead atoms. The van der Waals surface area contributed by atoms with Gasteiger partial charge < -0.3 is 16.0 Å². The van der Waals surface area contributed by atoms with Gasteiger partial charge in [0.15, 0.2) is 10.9 Å². The van der Waals surface area contributed by atoms with Gasteiger partial charge in [0, 0.05) is 35.4 Å². The number of aryl methyl sites for hydroxylation is 1. The predicted octanol–water partition coefficient (Wildman–Crippen LogP) is 6.10. The Morgan fingerprint density at radius 1 is 1.06 bits per heavy atom. The first-order valence-electron chi connectivity index (χ1n) is 12.1. The summed E-state index contributed by atoms with van der Waals surface area (Å²) in [6.07, 6.45) is 11.6. The van der Waals surface area contributed by atoms with E-state index in [2.05, 4.69) is 60.3 Å². The molecule has 0 radical (unpaired) electrons. The third-order valence-corrected chi connectivity index (χ3v) is 8.04. The topological polar surface area (TPSA) is 101 Å². The molecular formula is C25H30N8S2. The van der Waals surface area contributed by atoms with E-state index in [0.29, 0.717) is 24.4 Å². The van der Waals surface area contributed by atoms with Crippen molar-refractivity contribution in [1.82, 2.24) is 30.2 Å². The Balaban J connectivity index is 1.20. The van der Waals surface area contributed by atoms with E-state index in [1.54, 1.807) is 35.1 Å². The molecule has 4 aromatic rings. The molecule has 0 spiro atoms. The molecule has 1 aliphatic rings. The van der Waals surface area contributed by atoms with Gasteiger partial charge in [-0.05, 0) is 44.2 Å².